The molecule has 0 aromatic heterocycles. The SMILES string of the molecule is CC(C)(C)OC(=O)NC1CCN(c2cccc(CO)c2)CC1. The van der Waals surface area contributed by atoms with Crippen LogP contribution in [0.15, 0.2) is 24.3 Å². The Kier molecular flexibility index (Phi) is 5.29. The molecular weight excluding hydrogens is 280 g/mol. The van der Waals surface area contributed by atoms with Crippen LogP contribution in [0.2, 0.25) is 0 Å². The lowest BCUT2D eigenvalue weighted by Crippen LogP contribution is -2.46. The van der Waals surface area contributed by atoms with Crippen molar-refractivity contribution in [3.8, 4) is 0 Å². The summed E-state index contributed by atoms with van der Waals surface area (Å²) in [4.78, 5) is 14.1. The number of anilines is 1. The van der Waals surface area contributed by atoms with Gasteiger partial charge in [-0.1, -0.05) is 12.1 Å². The summed E-state index contributed by atoms with van der Waals surface area (Å²) >= 11 is 0. The number of piperidine rings is 1. The third kappa shape index (κ3) is 4.91. The number of nitrogens with one attached hydrogen (secondary N) is 1. The Labute approximate surface area is 132 Å². The Bertz CT molecular complexity index is 503. The van der Waals surface area contributed by atoms with Crippen LogP contribution in [0, 0.1) is 0 Å². The molecular formula is C17H26N2O3. The number of carbonyl (C=O) groups excluding carboxylic acids is 1. The Balaban J connectivity index is 1.84. The van der Waals surface area contributed by atoms with Gasteiger partial charge in [0, 0.05) is 24.8 Å². The van der Waals surface area contributed by atoms with Gasteiger partial charge in [-0.15, -0.1) is 0 Å². The normalized spacial score (nSPS) is 16.5. The summed E-state index contributed by atoms with van der Waals surface area (Å²) in [7, 11) is 0. The number of amides is 1. The van der Waals surface area contributed by atoms with Crippen molar-refractivity contribution in [1.29, 1.82) is 0 Å². The van der Waals surface area contributed by atoms with Crippen molar-refractivity contribution in [2.24, 2.45) is 0 Å². The van der Waals surface area contributed by atoms with E-state index in [-0.39, 0.29) is 18.7 Å². The second-order valence-electron chi connectivity index (χ2n) is 6.74. The fourth-order valence-electron chi connectivity index (χ4n) is 2.61. The van der Waals surface area contributed by atoms with E-state index >= 15 is 0 Å². The van der Waals surface area contributed by atoms with Gasteiger partial charge in [0.15, 0.2) is 0 Å². The molecule has 0 aliphatic carbocycles. The van der Waals surface area contributed by atoms with Crippen LogP contribution >= 0.6 is 0 Å². The topological polar surface area (TPSA) is 61.8 Å². The number of benzene rings is 1. The van der Waals surface area contributed by atoms with Crippen LogP contribution in [0.5, 0.6) is 0 Å². The van der Waals surface area contributed by atoms with Gasteiger partial charge in [-0.05, 0) is 51.3 Å². The summed E-state index contributed by atoms with van der Waals surface area (Å²) in [5.41, 5.74) is 1.59. The lowest BCUT2D eigenvalue weighted by atomic mass is 10.0. The van der Waals surface area contributed by atoms with Gasteiger partial charge >= 0.3 is 6.09 Å². The second-order valence-corrected chi connectivity index (χ2v) is 6.74. The maximum absolute atomic E-state index is 11.8. The van der Waals surface area contributed by atoms with Gasteiger partial charge in [-0.25, -0.2) is 4.79 Å². The number of ether oxygens (including phenoxy) is 1. The van der Waals surface area contributed by atoms with Crippen molar-refractivity contribution in [3.05, 3.63) is 29.8 Å². The monoisotopic (exact) mass is 306 g/mol. The van der Waals surface area contributed by atoms with Gasteiger partial charge in [0.2, 0.25) is 0 Å². The van der Waals surface area contributed by atoms with Gasteiger partial charge in [0.1, 0.15) is 5.60 Å². The van der Waals surface area contributed by atoms with E-state index in [0.717, 1.165) is 37.2 Å². The Hall–Kier alpha value is -1.75. The van der Waals surface area contributed by atoms with E-state index in [4.69, 9.17) is 4.74 Å². The molecule has 122 valence electrons. The van der Waals surface area contributed by atoms with Crippen LogP contribution in [0.25, 0.3) is 0 Å². The highest BCUT2D eigenvalue weighted by Crippen LogP contribution is 2.21. The maximum Gasteiger partial charge on any atom is 0.407 e. The number of aliphatic hydroxyl groups excluding tert-OH is 1. The Morgan fingerprint density at radius 1 is 1.36 bits per heavy atom. The van der Waals surface area contributed by atoms with Gasteiger partial charge in [-0.2, -0.15) is 0 Å². The predicted molar refractivity (Wildman–Crippen MR) is 87.0 cm³/mol. The molecule has 5 nitrogen and oxygen atoms in total. The summed E-state index contributed by atoms with van der Waals surface area (Å²) in [5.74, 6) is 0. The zero-order chi connectivity index (χ0) is 16.2. The average molecular weight is 306 g/mol. The van der Waals surface area contributed by atoms with Crippen molar-refractivity contribution >= 4 is 11.8 Å². The van der Waals surface area contributed by atoms with Crippen molar-refractivity contribution in [3.63, 3.8) is 0 Å². The lowest BCUT2D eigenvalue weighted by molar-refractivity contribution is 0.0497. The molecule has 1 saturated heterocycles. The number of hydrogen-bond acceptors (Lipinski definition) is 4. The maximum atomic E-state index is 11.8. The van der Waals surface area contributed by atoms with Crippen LogP contribution in [0.4, 0.5) is 10.5 Å². The number of hydrogen-bond donors (Lipinski definition) is 2. The number of aliphatic hydroxyl groups is 1. The predicted octanol–water partition coefficient (Wildman–Crippen LogP) is 2.67. The first-order valence-corrected chi connectivity index (χ1v) is 7.81. The number of rotatable bonds is 3. The largest absolute Gasteiger partial charge is 0.444 e. The molecule has 1 amide bonds. The summed E-state index contributed by atoms with van der Waals surface area (Å²) in [6, 6.07) is 8.11. The fourth-order valence-corrected chi connectivity index (χ4v) is 2.61. The molecule has 0 unspecified atom stereocenters. The molecule has 0 bridgehead atoms. The molecule has 0 spiro atoms. The summed E-state index contributed by atoms with van der Waals surface area (Å²) in [6.45, 7) is 7.42. The van der Waals surface area contributed by atoms with Crippen LogP contribution in [-0.4, -0.2) is 35.9 Å². The highest BCUT2D eigenvalue weighted by molar-refractivity contribution is 5.68. The molecule has 1 aromatic carbocycles. The first-order valence-electron chi connectivity index (χ1n) is 7.81. The average Bonchev–Trinajstić information content (AvgIpc) is 2.46. The van der Waals surface area contributed by atoms with Crippen LogP contribution in [-0.2, 0) is 11.3 Å². The zero-order valence-corrected chi connectivity index (χ0v) is 13.6. The molecule has 0 saturated carbocycles. The summed E-state index contributed by atoms with van der Waals surface area (Å²) in [5, 5.41) is 12.2. The van der Waals surface area contributed by atoms with Crippen molar-refractivity contribution in [2.75, 3.05) is 18.0 Å². The highest BCUT2D eigenvalue weighted by atomic mass is 16.6. The van der Waals surface area contributed by atoms with Crippen molar-refractivity contribution in [1.82, 2.24) is 5.32 Å². The summed E-state index contributed by atoms with van der Waals surface area (Å²) < 4.78 is 5.29. The molecule has 0 atom stereocenters. The molecule has 1 fully saturated rings. The molecule has 1 aliphatic heterocycles. The van der Waals surface area contributed by atoms with E-state index in [1.807, 2.05) is 39.0 Å². The van der Waals surface area contributed by atoms with E-state index in [1.54, 1.807) is 0 Å². The van der Waals surface area contributed by atoms with E-state index < -0.39 is 5.60 Å². The van der Waals surface area contributed by atoms with E-state index in [2.05, 4.69) is 16.3 Å². The highest BCUT2D eigenvalue weighted by Gasteiger charge is 2.23. The standard InChI is InChI=1S/C17H26N2O3/c1-17(2,3)22-16(21)18-14-7-9-19(10-8-14)15-6-4-5-13(11-15)12-20/h4-6,11,14,20H,7-10,12H2,1-3H3,(H,18,21). The van der Waals surface area contributed by atoms with Crippen LogP contribution in [0.1, 0.15) is 39.2 Å². The number of nitrogens with zero attached hydrogens (tertiary/aromatic N) is 1. The van der Waals surface area contributed by atoms with Gasteiger partial charge in [0.25, 0.3) is 0 Å². The quantitative estimate of drug-likeness (QED) is 0.901. The van der Waals surface area contributed by atoms with Crippen LogP contribution < -0.4 is 10.2 Å². The Morgan fingerprint density at radius 3 is 2.64 bits per heavy atom. The molecule has 2 rings (SSSR count). The van der Waals surface area contributed by atoms with E-state index in [9.17, 15) is 9.90 Å². The fraction of sp³-hybridized carbons (Fsp3) is 0.588. The molecule has 22 heavy (non-hydrogen) atoms. The zero-order valence-electron chi connectivity index (χ0n) is 13.6. The van der Waals surface area contributed by atoms with Gasteiger partial charge < -0.3 is 20.1 Å². The smallest absolute Gasteiger partial charge is 0.407 e. The molecule has 0 radical (unpaired) electrons. The molecule has 1 heterocycles. The third-order valence-corrected chi connectivity index (χ3v) is 3.67. The minimum atomic E-state index is -0.463. The first kappa shape index (κ1) is 16.6. The lowest BCUT2D eigenvalue weighted by Gasteiger charge is -2.34. The Morgan fingerprint density at radius 2 is 2.05 bits per heavy atom. The minimum absolute atomic E-state index is 0.0600. The molecule has 1 aromatic rings. The second kappa shape index (κ2) is 7.01. The third-order valence-electron chi connectivity index (χ3n) is 3.67. The van der Waals surface area contributed by atoms with Gasteiger partial charge in [0.05, 0.1) is 6.61 Å². The van der Waals surface area contributed by atoms with Gasteiger partial charge in [-0.3, -0.25) is 0 Å². The van der Waals surface area contributed by atoms with Crippen molar-refractivity contribution in [2.45, 2.75) is 51.9 Å². The molecule has 2 N–H and O–H groups in total. The number of alkyl carbamates (subject to hydrolysis) is 1. The molecule has 5 heteroatoms. The van der Waals surface area contributed by atoms with E-state index in [1.165, 1.54) is 0 Å². The minimum Gasteiger partial charge on any atom is -0.444 e. The van der Waals surface area contributed by atoms with E-state index in [0.29, 0.717) is 0 Å². The first-order chi connectivity index (χ1) is 10.4. The molecule has 1 aliphatic rings. The van der Waals surface area contributed by atoms with Crippen LogP contribution in [0.3, 0.4) is 0 Å². The van der Waals surface area contributed by atoms with Crippen molar-refractivity contribution < 1.29 is 14.6 Å². The summed E-state index contributed by atoms with van der Waals surface area (Å²) in [6.07, 6.45) is 1.44. The number of carbonyl (C=O) groups is 1.